The fourth-order valence-corrected chi connectivity index (χ4v) is 3.06. The first-order valence-electron chi connectivity index (χ1n) is 9.62. The van der Waals surface area contributed by atoms with Crippen LogP contribution in [-0.4, -0.2) is 49.4 Å². The summed E-state index contributed by atoms with van der Waals surface area (Å²) < 4.78 is 16.3. The second-order valence-electron chi connectivity index (χ2n) is 6.93. The van der Waals surface area contributed by atoms with E-state index in [1.165, 1.54) is 12.8 Å². The van der Waals surface area contributed by atoms with E-state index in [2.05, 4.69) is 32.1 Å². The Hall–Kier alpha value is -2.77. The van der Waals surface area contributed by atoms with Gasteiger partial charge in [0, 0.05) is 25.2 Å². The molecule has 3 rings (SSSR count). The number of anilines is 3. The molecule has 1 saturated carbocycles. The highest BCUT2D eigenvalue weighted by Crippen LogP contribution is 2.40. The standard InChI is InChI=1S/C20H29N5O3/c1-6-9-25(12-14-7-8-14)20-22-13(2)21-19(24-20)23-18-16(27-4)10-15(26-3)11-17(18)28-5/h10-11,14H,6-9,12H2,1-5H3,(H,21,22,23,24). The van der Waals surface area contributed by atoms with Crippen molar-refractivity contribution in [2.24, 2.45) is 5.92 Å². The molecule has 1 aromatic carbocycles. The number of nitrogens with zero attached hydrogens (tertiary/aromatic N) is 4. The van der Waals surface area contributed by atoms with Gasteiger partial charge in [-0.3, -0.25) is 0 Å². The van der Waals surface area contributed by atoms with Gasteiger partial charge in [0.15, 0.2) is 0 Å². The van der Waals surface area contributed by atoms with Crippen LogP contribution in [0.1, 0.15) is 32.0 Å². The molecule has 0 aliphatic heterocycles. The number of nitrogens with one attached hydrogen (secondary N) is 1. The number of hydrogen-bond donors (Lipinski definition) is 1. The van der Waals surface area contributed by atoms with Gasteiger partial charge in [-0.15, -0.1) is 0 Å². The summed E-state index contributed by atoms with van der Waals surface area (Å²) in [7, 11) is 4.80. The average molecular weight is 387 g/mol. The summed E-state index contributed by atoms with van der Waals surface area (Å²) in [5.41, 5.74) is 0.645. The molecule has 1 N–H and O–H groups in total. The second kappa shape index (κ2) is 8.95. The molecule has 8 heteroatoms. The largest absolute Gasteiger partial charge is 0.496 e. The second-order valence-corrected chi connectivity index (χ2v) is 6.93. The minimum atomic E-state index is 0.459. The van der Waals surface area contributed by atoms with Gasteiger partial charge in [-0.05, 0) is 32.1 Å². The fraction of sp³-hybridized carbons (Fsp3) is 0.550. The van der Waals surface area contributed by atoms with Crippen LogP contribution in [-0.2, 0) is 0 Å². The predicted octanol–water partition coefficient (Wildman–Crippen LogP) is 3.58. The molecule has 0 unspecified atom stereocenters. The number of aryl methyl sites for hydroxylation is 1. The van der Waals surface area contributed by atoms with E-state index in [4.69, 9.17) is 14.2 Å². The Morgan fingerprint density at radius 3 is 2.25 bits per heavy atom. The van der Waals surface area contributed by atoms with Gasteiger partial charge in [0.05, 0.1) is 21.3 Å². The maximum atomic E-state index is 5.51. The Balaban J connectivity index is 1.93. The molecule has 152 valence electrons. The zero-order valence-electron chi connectivity index (χ0n) is 17.3. The van der Waals surface area contributed by atoms with Gasteiger partial charge in [-0.2, -0.15) is 15.0 Å². The van der Waals surface area contributed by atoms with Crippen LogP contribution in [0.2, 0.25) is 0 Å². The summed E-state index contributed by atoms with van der Waals surface area (Å²) in [5.74, 6) is 4.39. The number of aromatic nitrogens is 3. The van der Waals surface area contributed by atoms with E-state index >= 15 is 0 Å². The monoisotopic (exact) mass is 387 g/mol. The van der Waals surface area contributed by atoms with Crippen molar-refractivity contribution in [3.8, 4) is 17.2 Å². The summed E-state index contributed by atoms with van der Waals surface area (Å²) in [6, 6.07) is 3.58. The number of methoxy groups -OCH3 is 3. The highest BCUT2D eigenvalue weighted by Gasteiger charge is 2.26. The molecule has 0 saturated heterocycles. The molecular weight excluding hydrogens is 358 g/mol. The third-order valence-electron chi connectivity index (χ3n) is 4.64. The molecule has 0 atom stereocenters. The van der Waals surface area contributed by atoms with Crippen LogP contribution >= 0.6 is 0 Å². The predicted molar refractivity (Wildman–Crippen MR) is 109 cm³/mol. The normalized spacial score (nSPS) is 13.2. The molecule has 8 nitrogen and oxygen atoms in total. The minimum absolute atomic E-state index is 0.459. The van der Waals surface area contributed by atoms with Gasteiger partial charge in [0.25, 0.3) is 0 Å². The van der Waals surface area contributed by atoms with E-state index in [1.54, 1.807) is 33.5 Å². The average Bonchev–Trinajstić information content (AvgIpc) is 3.51. The van der Waals surface area contributed by atoms with Crippen LogP contribution in [0, 0.1) is 12.8 Å². The number of rotatable bonds is 10. The Kier molecular flexibility index (Phi) is 6.38. The van der Waals surface area contributed by atoms with E-state index in [0.717, 1.165) is 25.4 Å². The van der Waals surface area contributed by atoms with Crippen LogP contribution in [0.3, 0.4) is 0 Å². The maximum Gasteiger partial charge on any atom is 0.232 e. The van der Waals surface area contributed by atoms with Gasteiger partial charge in [0.2, 0.25) is 11.9 Å². The zero-order chi connectivity index (χ0) is 20.1. The summed E-state index contributed by atoms with van der Waals surface area (Å²) >= 11 is 0. The Morgan fingerprint density at radius 2 is 1.71 bits per heavy atom. The van der Waals surface area contributed by atoms with Gasteiger partial charge >= 0.3 is 0 Å². The van der Waals surface area contributed by atoms with Crippen molar-refractivity contribution < 1.29 is 14.2 Å². The molecule has 0 spiro atoms. The van der Waals surface area contributed by atoms with Gasteiger partial charge < -0.3 is 24.4 Å². The minimum Gasteiger partial charge on any atom is -0.496 e. The van der Waals surface area contributed by atoms with Crippen molar-refractivity contribution in [2.75, 3.05) is 44.6 Å². The van der Waals surface area contributed by atoms with Crippen molar-refractivity contribution in [2.45, 2.75) is 33.1 Å². The quantitative estimate of drug-likeness (QED) is 0.662. The molecule has 1 fully saturated rings. The lowest BCUT2D eigenvalue weighted by Gasteiger charge is -2.23. The third-order valence-corrected chi connectivity index (χ3v) is 4.64. The van der Waals surface area contributed by atoms with Crippen molar-refractivity contribution in [3.63, 3.8) is 0 Å². The van der Waals surface area contributed by atoms with Crippen molar-refractivity contribution >= 4 is 17.6 Å². The molecule has 0 bridgehead atoms. The maximum absolute atomic E-state index is 5.51. The molecular formula is C20H29N5O3. The molecule has 2 aromatic rings. The Labute approximate surface area is 166 Å². The lowest BCUT2D eigenvalue weighted by molar-refractivity contribution is 0.378. The molecule has 1 aliphatic carbocycles. The lowest BCUT2D eigenvalue weighted by Crippen LogP contribution is -2.29. The number of hydrogen-bond acceptors (Lipinski definition) is 8. The van der Waals surface area contributed by atoms with E-state index in [1.807, 2.05) is 6.92 Å². The molecule has 0 amide bonds. The highest BCUT2D eigenvalue weighted by atomic mass is 16.5. The summed E-state index contributed by atoms with van der Waals surface area (Å²) in [4.78, 5) is 15.9. The van der Waals surface area contributed by atoms with Crippen LogP contribution in [0.5, 0.6) is 17.2 Å². The SMILES string of the molecule is CCCN(CC1CC1)c1nc(C)nc(Nc2c(OC)cc(OC)cc2OC)n1. The first-order valence-corrected chi connectivity index (χ1v) is 9.62. The van der Waals surface area contributed by atoms with Crippen molar-refractivity contribution in [3.05, 3.63) is 18.0 Å². The van der Waals surface area contributed by atoms with E-state index < -0.39 is 0 Å². The van der Waals surface area contributed by atoms with Gasteiger partial charge in [-0.25, -0.2) is 0 Å². The topological polar surface area (TPSA) is 81.6 Å². The highest BCUT2D eigenvalue weighted by molar-refractivity contribution is 5.72. The third kappa shape index (κ3) is 4.74. The van der Waals surface area contributed by atoms with Crippen LogP contribution in [0.15, 0.2) is 12.1 Å². The summed E-state index contributed by atoms with van der Waals surface area (Å²) in [6.07, 6.45) is 3.62. The number of benzene rings is 1. The van der Waals surface area contributed by atoms with E-state index in [-0.39, 0.29) is 0 Å². The van der Waals surface area contributed by atoms with Crippen molar-refractivity contribution in [1.82, 2.24) is 15.0 Å². The zero-order valence-corrected chi connectivity index (χ0v) is 17.3. The van der Waals surface area contributed by atoms with E-state index in [9.17, 15) is 0 Å². The first-order chi connectivity index (χ1) is 13.6. The van der Waals surface area contributed by atoms with E-state index in [0.29, 0.717) is 40.7 Å². The molecule has 1 aliphatic rings. The Bertz CT molecular complexity index is 785. The smallest absolute Gasteiger partial charge is 0.232 e. The molecule has 28 heavy (non-hydrogen) atoms. The summed E-state index contributed by atoms with van der Waals surface area (Å²) in [6.45, 7) is 5.96. The molecule has 1 aromatic heterocycles. The Morgan fingerprint density at radius 1 is 1.04 bits per heavy atom. The van der Waals surface area contributed by atoms with Gasteiger partial charge in [-0.1, -0.05) is 6.92 Å². The van der Waals surface area contributed by atoms with Crippen molar-refractivity contribution in [1.29, 1.82) is 0 Å². The lowest BCUT2D eigenvalue weighted by atomic mass is 10.2. The van der Waals surface area contributed by atoms with Crippen LogP contribution in [0.4, 0.5) is 17.6 Å². The van der Waals surface area contributed by atoms with Gasteiger partial charge in [0.1, 0.15) is 28.8 Å². The van der Waals surface area contributed by atoms with Crippen LogP contribution in [0.25, 0.3) is 0 Å². The molecule has 1 heterocycles. The number of ether oxygens (including phenoxy) is 3. The molecule has 0 radical (unpaired) electrons. The summed E-state index contributed by atoms with van der Waals surface area (Å²) in [5, 5.41) is 3.25. The van der Waals surface area contributed by atoms with Crippen LogP contribution < -0.4 is 24.4 Å². The fourth-order valence-electron chi connectivity index (χ4n) is 3.06. The first kappa shape index (κ1) is 20.0.